The fraction of sp³-hybridized carbons (Fsp3) is 0.684. The Labute approximate surface area is 187 Å². The fourth-order valence-electron chi connectivity index (χ4n) is 4.14. The summed E-state index contributed by atoms with van der Waals surface area (Å²) in [4.78, 5) is 0. The molecule has 15 heteroatoms. The first-order chi connectivity index (χ1) is 15.3. The van der Waals surface area contributed by atoms with Crippen LogP contribution in [0.5, 0.6) is 0 Å². The van der Waals surface area contributed by atoms with Gasteiger partial charge in [0.25, 0.3) is 0 Å². The van der Waals surface area contributed by atoms with E-state index in [0.29, 0.717) is 18.9 Å². The maximum absolute atomic E-state index is 14.7. The number of rotatable bonds is 6. The van der Waals surface area contributed by atoms with Crippen LogP contribution in [0.3, 0.4) is 0 Å². The molecule has 0 bridgehead atoms. The summed E-state index contributed by atoms with van der Waals surface area (Å²) >= 11 is 0. The molecule has 2 rings (SSSR count). The first-order valence-corrected chi connectivity index (χ1v) is 11.3. The van der Waals surface area contributed by atoms with Gasteiger partial charge in [-0.1, -0.05) is 31.9 Å². The maximum atomic E-state index is 14.7. The molecule has 0 atom stereocenters. The van der Waals surface area contributed by atoms with Gasteiger partial charge in [-0.3, -0.25) is 0 Å². The van der Waals surface area contributed by atoms with Crippen LogP contribution in [0, 0.1) is 17.6 Å². The summed E-state index contributed by atoms with van der Waals surface area (Å²) < 4.78 is 174. The van der Waals surface area contributed by atoms with Gasteiger partial charge in [-0.2, -0.15) is 47.9 Å². The Morgan fingerprint density at radius 2 is 1.35 bits per heavy atom. The lowest BCUT2D eigenvalue weighted by Gasteiger charge is -2.37. The Kier molecular flexibility index (Phi) is 7.93. The molecule has 0 spiro atoms. The molecular formula is C19H19F11O3S. The molecule has 196 valence electrons. The van der Waals surface area contributed by atoms with Crippen LogP contribution in [0.1, 0.15) is 62.5 Å². The molecule has 0 amide bonds. The first kappa shape index (κ1) is 28.6. The Hall–Kier alpha value is -1.64. The average Bonchev–Trinajstić information content (AvgIpc) is 2.67. The van der Waals surface area contributed by atoms with E-state index in [-0.39, 0.29) is 24.8 Å². The Balaban J connectivity index is 2.66. The van der Waals surface area contributed by atoms with E-state index < -0.39 is 62.3 Å². The van der Waals surface area contributed by atoms with E-state index in [0.717, 1.165) is 12.8 Å². The molecule has 0 aromatic heterocycles. The quantitative estimate of drug-likeness (QED) is 0.219. The third kappa shape index (κ3) is 5.14. The van der Waals surface area contributed by atoms with Gasteiger partial charge in [0.15, 0.2) is 11.6 Å². The molecule has 3 nitrogen and oxygen atoms in total. The standard InChI is InChI=1S/C19H19F11O3S/c1-2-3-10-4-6-11(7-5-10)12-8-9-13(15(21)14(12)20)16(17(22,23)24,18(25,26)27)33-34(31,32)19(28,29)30/h8-11H,2-7H2,1H3. The molecule has 0 unspecified atom stereocenters. The fourth-order valence-corrected chi connectivity index (χ4v) is 4.84. The van der Waals surface area contributed by atoms with Crippen LogP contribution in [0.15, 0.2) is 12.1 Å². The third-order valence-corrected chi connectivity index (χ3v) is 6.83. The lowest BCUT2D eigenvalue weighted by Crippen LogP contribution is -2.58. The van der Waals surface area contributed by atoms with Gasteiger partial charge >= 0.3 is 33.6 Å². The summed E-state index contributed by atoms with van der Waals surface area (Å²) in [5.41, 5.74) is -16.4. The highest BCUT2D eigenvalue weighted by molar-refractivity contribution is 7.87. The van der Waals surface area contributed by atoms with E-state index in [9.17, 15) is 56.7 Å². The topological polar surface area (TPSA) is 43.4 Å². The van der Waals surface area contributed by atoms with Crippen molar-refractivity contribution in [1.82, 2.24) is 0 Å². The number of hydrogen-bond donors (Lipinski definition) is 0. The first-order valence-electron chi connectivity index (χ1n) is 9.93. The third-order valence-electron chi connectivity index (χ3n) is 5.79. The van der Waals surface area contributed by atoms with Gasteiger partial charge in [0, 0.05) is 5.56 Å². The molecule has 0 saturated heterocycles. The Morgan fingerprint density at radius 3 is 1.76 bits per heavy atom. The van der Waals surface area contributed by atoms with Crippen LogP contribution in [0.2, 0.25) is 0 Å². The minimum absolute atomic E-state index is 0.237. The van der Waals surface area contributed by atoms with Crippen LogP contribution in [-0.4, -0.2) is 26.3 Å². The summed E-state index contributed by atoms with van der Waals surface area (Å²) in [5, 5.41) is 0. The Bertz CT molecular complexity index is 959. The highest BCUT2D eigenvalue weighted by Crippen LogP contribution is 2.56. The zero-order chi connectivity index (χ0) is 26.3. The number of benzene rings is 1. The van der Waals surface area contributed by atoms with Crippen molar-refractivity contribution in [3.8, 4) is 0 Å². The molecule has 34 heavy (non-hydrogen) atoms. The molecule has 0 N–H and O–H groups in total. The highest BCUT2D eigenvalue weighted by atomic mass is 32.2. The largest absolute Gasteiger partial charge is 0.523 e. The van der Waals surface area contributed by atoms with Crippen molar-refractivity contribution in [3.05, 3.63) is 34.9 Å². The predicted octanol–water partition coefficient (Wildman–Crippen LogP) is 7.22. The molecule has 1 aromatic carbocycles. The molecule has 1 aromatic rings. The van der Waals surface area contributed by atoms with Gasteiger partial charge in [-0.25, -0.2) is 13.0 Å². The normalized spacial score (nSPS) is 21.1. The average molecular weight is 536 g/mol. The molecule has 1 saturated carbocycles. The van der Waals surface area contributed by atoms with Gasteiger partial charge < -0.3 is 0 Å². The Morgan fingerprint density at radius 1 is 0.853 bits per heavy atom. The van der Waals surface area contributed by atoms with Crippen LogP contribution < -0.4 is 0 Å². The summed E-state index contributed by atoms with van der Waals surface area (Å²) in [5.74, 6) is -5.46. The van der Waals surface area contributed by atoms with Gasteiger partial charge in [0.05, 0.1) is 0 Å². The van der Waals surface area contributed by atoms with Gasteiger partial charge in [-0.05, 0) is 43.1 Å². The second-order valence-corrected chi connectivity index (χ2v) is 9.53. The van der Waals surface area contributed by atoms with E-state index in [4.69, 9.17) is 0 Å². The van der Waals surface area contributed by atoms with E-state index in [2.05, 4.69) is 4.18 Å². The van der Waals surface area contributed by atoms with E-state index in [1.54, 1.807) is 0 Å². The molecular weight excluding hydrogens is 517 g/mol. The minimum Gasteiger partial charge on any atom is -0.232 e. The zero-order valence-corrected chi connectivity index (χ0v) is 18.2. The van der Waals surface area contributed by atoms with Gasteiger partial charge in [0.2, 0.25) is 0 Å². The SMILES string of the molecule is CCCC1CCC(c2ccc(C(OS(=O)(=O)C(F)(F)F)(C(F)(F)F)C(F)(F)F)c(F)c2F)CC1. The summed E-state index contributed by atoms with van der Waals surface area (Å²) in [7, 11) is -7.57. The van der Waals surface area contributed by atoms with Crippen LogP contribution in [0.4, 0.5) is 48.3 Å². The van der Waals surface area contributed by atoms with E-state index >= 15 is 0 Å². The zero-order valence-electron chi connectivity index (χ0n) is 17.3. The number of halogens is 11. The van der Waals surface area contributed by atoms with Crippen LogP contribution in [-0.2, 0) is 19.9 Å². The number of hydrogen-bond acceptors (Lipinski definition) is 3. The van der Waals surface area contributed by atoms with Gasteiger partial charge in [-0.15, -0.1) is 0 Å². The second kappa shape index (κ2) is 9.43. The second-order valence-electron chi connectivity index (χ2n) is 8.00. The highest BCUT2D eigenvalue weighted by Gasteiger charge is 2.78. The van der Waals surface area contributed by atoms with E-state index in [1.807, 2.05) is 6.92 Å². The predicted molar refractivity (Wildman–Crippen MR) is 95.8 cm³/mol. The van der Waals surface area contributed by atoms with Crippen molar-refractivity contribution in [2.24, 2.45) is 5.92 Å². The molecule has 0 radical (unpaired) electrons. The van der Waals surface area contributed by atoms with Crippen molar-refractivity contribution < 1.29 is 60.9 Å². The molecule has 1 fully saturated rings. The van der Waals surface area contributed by atoms with Crippen molar-refractivity contribution in [2.75, 3.05) is 0 Å². The summed E-state index contributed by atoms with van der Waals surface area (Å²) in [6.45, 7) is 1.93. The summed E-state index contributed by atoms with van der Waals surface area (Å²) in [6.07, 6.45) is -10.7. The lowest BCUT2D eigenvalue weighted by molar-refractivity contribution is -0.366. The maximum Gasteiger partial charge on any atom is 0.523 e. The summed E-state index contributed by atoms with van der Waals surface area (Å²) in [6, 6.07) is 0.146. The van der Waals surface area contributed by atoms with Crippen molar-refractivity contribution >= 4 is 10.1 Å². The monoisotopic (exact) mass is 536 g/mol. The number of alkyl halides is 9. The van der Waals surface area contributed by atoms with Crippen LogP contribution >= 0.6 is 0 Å². The van der Waals surface area contributed by atoms with Gasteiger partial charge in [0.1, 0.15) is 0 Å². The minimum atomic E-state index is -7.57. The molecule has 1 aliphatic rings. The van der Waals surface area contributed by atoms with Crippen molar-refractivity contribution in [1.29, 1.82) is 0 Å². The van der Waals surface area contributed by atoms with Crippen LogP contribution in [0.25, 0.3) is 0 Å². The van der Waals surface area contributed by atoms with E-state index in [1.165, 1.54) is 0 Å². The molecule has 0 heterocycles. The molecule has 0 aliphatic heterocycles. The van der Waals surface area contributed by atoms with Crippen molar-refractivity contribution in [2.45, 2.75) is 74.8 Å². The smallest absolute Gasteiger partial charge is 0.232 e. The lowest BCUT2D eigenvalue weighted by atomic mass is 9.76. The van der Waals surface area contributed by atoms with Crippen molar-refractivity contribution in [3.63, 3.8) is 0 Å². The molecule has 1 aliphatic carbocycles.